The molecule has 0 unspecified atom stereocenters. The van der Waals surface area contributed by atoms with Crippen molar-refractivity contribution in [3.63, 3.8) is 0 Å². The summed E-state index contributed by atoms with van der Waals surface area (Å²) < 4.78 is 27.7. The highest BCUT2D eigenvalue weighted by Crippen LogP contribution is 2.65. The van der Waals surface area contributed by atoms with E-state index in [4.69, 9.17) is 28.8 Å². The van der Waals surface area contributed by atoms with Gasteiger partial charge in [-0.2, -0.15) is 0 Å². The van der Waals surface area contributed by atoms with Gasteiger partial charge in [-0.25, -0.2) is 14.4 Å². The number of carboxylic acids is 2. The third-order valence-electron chi connectivity index (χ3n) is 9.87. The first-order valence-corrected chi connectivity index (χ1v) is 15.6. The summed E-state index contributed by atoms with van der Waals surface area (Å²) in [6, 6.07) is 10.8. The van der Waals surface area contributed by atoms with E-state index in [9.17, 15) is 39.3 Å². The fourth-order valence-corrected chi connectivity index (χ4v) is 7.62. The minimum absolute atomic E-state index is 0.0332. The molecule has 0 amide bonds. The molecule has 49 heavy (non-hydrogen) atoms. The van der Waals surface area contributed by atoms with Crippen LogP contribution in [0.2, 0.25) is 0 Å². The third-order valence-corrected chi connectivity index (χ3v) is 9.87. The highest BCUT2D eigenvalue weighted by Gasteiger charge is 2.72. The summed E-state index contributed by atoms with van der Waals surface area (Å²) in [6.45, 7) is 0.642. The molecule has 7 atom stereocenters. The van der Waals surface area contributed by atoms with E-state index in [1.165, 1.54) is 31.4 Å². The van der Waals surface area contributed by atoms with Gasteiger partial charge >= 0.3 is 29.8 Å². The van der Waals surface area contributed by atoms with Crippen molar-refractivity contribution in [2.75, 3.05) is 20.7 Å². The van der Waals surface area contributed by atoms with Gasteiger partial charge in [-0.1, -0.05) is 36.4 Å². The number of benzene rings is 2. The number of piperidine rings is 1. The van der Waals surface area contributed by atoms with Crippen LogP contribution in [0.15, 0.2) is 54.3 Å². The topological polar surface area (TPSA) is 216 Å². The molecule has 2 aromatic rings. The highest BCUT2D eigenvalue weighted by atomic mass is 16.6. The second kappa shape index (κ2) is 12.8. The predicted molar refractivity (Wildman–Crippen MR) is 163 cm³/mol. The molecule has 260 valence electrons. The maximum absolute atomic E-state index is 13.2. The molecular formula is C34H35NO14. The van der Waals surface area contributed by atoms with Gasteiger partial charge in [-0.3, -0.25) is 9.59 Å². The summed E-state index contributed by atoms with van der Waals surface area (Å²) >= 11 is 0. The molecule has 6 rings (SSSR count). The SMILES string of the molecule is COc1ccc2c3c1O[C@H]1C(OC(=O)C[C@H](O)C(=O)O[C@H](C(=O)O[C@H](CC(=O)O)C(=O)O)c4ccccc4)=CC[C@@]4(O)[C@@H](C2)N(C)CC[C@]314. The van der Waals surface area contributed by atoms with E-state index in [1.807, 2.05) is 13.1 Å². The van der Waals surface area contributed by atoms with Gasteiger partial charge in [0.1, 0.15) is 5.76 Å². The van der Waals surface area contributed by atoms with Crippen LogP contribution in [0.3, 0.4) is 0 Å². The Hall–Kier alpha value is -4.99. The Morgan fingerprint density at radius 1 is 1.02 bits per heavy atom. The largest absolute Gasteiger partial charge is 0.493 e. The maximum atomic E-state index is 13.2. The number of likely N-dealkylation sites (N-methyl/N-ethyl adjacent to an activating group) is 1. The van der Waals surface area contributed by atoms with Gasteiger partial charge in [0.15, 0.2) is 23.7 Å². The number of likely N-dealkylation sites (tertiary alicyclic amines) is 1. The second-order valence-electron chi connectivity index (χ2n) is 12.6. The molecular weight excluding hydrogens is 646 g/mol. The minimum Gasteiger partial charge on any atom is -0.493 e. The lowest BCUT2D eigenvalue weighted by molar-refractivity contribution is -0.183. The molecule has 0 radical (unpaired) electrons. The van der Waals surface area contributed by atoms with Gasteiger partial charge < -0.3 is 49.0 Å². The molecule has 4 N–H and O–H groups in total. The van der Waals surface area contributed by atoms with Crippen LogP contribution in [0.4, 0.5) is 0 Å². The van der Waals surface area contributed by atoms with Gasteiger partial charge in [0.2, 0.25) is 12.2 Å². The van der Waals surface area contributed by atoms with Crippen molar-refractivity contribution in [1.82, 2.24) is 4.90 Å². The fraction of sp³-hybridized carbons (Fsp3) is 0.441. The van der Waals surface area contributed by atoms with Crippen molar-refractivity contribution >= 4 is 29.8 Å². The molecule has 2 aromatic carbocycles. The number of carbonyl (C=O) groups excluding carboxylic acids is 3. The van der Waals surface area contributed by atoms with Crippen LogP contribution in [-0.2, 0) is 50.0 Å². The molecule has 1 spiro atoms. The number of aliphatic carboxylic acids is 2. The Morgan fingerprint density at radius 3 is 2.43 bits per heavy atom. The molecule has 2 bridgehead atoms. The number of hydrogen-bond donors (Lipinski definition) is 4. The Bertz CT molecular complexity index is 1720. The summed E-state index contributed by atoms with van der Waals surface area (Å²) in [4.78, 5) is 63.7. The average Bonchev–Trinajstić information content (AvgIpc) is 3.42. The molecule has 2 aliphatic carbocycles. The first-order valence-electron chi connectivity index (χ1n) is 15.6. The molecule has 4 aliphatic rings. The summed E-state index contributed by atoms with van der Waals surface area (Å²) in [5.41, 5.74) is -0.359. The van der Waals surface area contributed by atoms with Gasteiger partial charge in [-0.05, 0) is 44.1 Å². The number of nitrogens with zero attached hydrogens (tertiary/aromatic N) is 1. The summed E-state index contributed by atoms with van der Waals surface area (Å²) in [7, 11) is 3.46. The van der Waals surface area contributed by atoms with Gasteiger partial charge in [-0.15, -0.1) is 0 Å². The number of carbonyl (C=O) groups is 5. The lowest BCUT2D eigenvalue weighted by Crippen LogP contribution is -2.74. The van der Waals surface area contributed by atoms with Crippen LogP contribution < -0.4 is 9.47 Å². The first kappa shape index (κ1) is 33.9. The summed E-state index contributed by atoms with van der Waals surface area (Å²) in [6.07, 6.45) is -6.18. The van der Waals surface area contributed by atoms with Crippen molar-refractivity contribution in [1.29, 1.82) is 0 Å². The summed E-state index contributed by atoms with van der Waals surface area (Å²) in [5, 5.41) is 41.3. The molecule has 15 nitrogen and oxygen atoms in total. The van der Waals surface area contributed by atoms with Crippen molar-refractivity contribution in [3.05, 3.63) is 71.0 Å². The van der Waals surface area contributed by atoms with Crippen LogP contribution in [0, 0.1) is 0 Å². The normalized spacial score (nSPS) is 26.5. The van der Waals surface area contributed by atoms with Crippen molar-refractivity contribution < 1.29 is 68.1 Å². The van der Waals surface area contributed by atoms with E-state index in [1.54, 1.807) is 18.2 Å². The Kier molecular flexibility index (Phi) is 8.85. The Labute approximate surface area is 279 Å². The fourth-order valence-electron chi connectivity index (χ4n) is 7.62. The Morgan fingerprint density at radius 2 is 1.76 bits per heavy atom. The molecule has 0 saturated carbocycles. The quantitative estimate of drug-likeness (QED) is 0.182. The summed E-state index contributed by atoms with van der Waals surface area (Å²) in [5.74, 6) is -6.11. The van der Waals surface area contributed by atoms with Crippen LogP contribution in [0.25, 0.3) is 0 Å². The Balaban J connectivity index is 1.18. The molecule has 2 aliphatic heterocycles. The zero-order chi connectivity index (χ0) is 35.2. The number of carboxylic acid groups (broad SMARTS) is 2. The number of hydrogen-bond acceptors (Lipinski definition) is 13. The van der Waals surface area contributed by atoms with Crippen LogP contribution >= 0.6 is 0 Å². The first-order chi connectivity index (χ1) is 23.3. The standard InChI is InChI=1S/C34H35NO14/c1-35-13-12-33-26-18-8-9-20(45-2)28(26)48-29(33)21(10-11-34(33,44)23(35)14-18)46-25(39)15-19(36)31(42)49-27(17-6-4-3-5-7-17)32(43)47-22(30(40)41)16-24(37)38/h3-10,19,22-23,27,29,36,44H,11-16H2,1-2H3,(H,37,38)(H,40,41)/t19-,22+,23+,27-,29-,33-,34+/m0/s1. The number of esters is 3. The molecule has 15 heteroatoms. The monoisotopic (exact) mass is 681 g/mol. The molecule has 0 aromatic heterocycles. The highest BCUT2D eigenvalue weighted by molar-refractivity contribution is 5.87. The molecule has 2 heterocycles. The van der Waals surface area contributed by atoms with Crippen LogP contribution in [0.1, 0.15) is 48.5 Å². The number of ether oxygens (including phenoxy) is 5. The van der Waals surface area contributed by atoms with E-state index in [0.717, 1.165) is 11.1 Å². The van der Waals surface area contributed by atoms with Crippen molar-refractivity contribution in [2.45, 2.75) is 73.6 Å². The van der Waals surface area contributed by atoms with E-state index in [2.05, 4.69) is 4.90 Å². The molecule has 1 fully saturated rings. The van der Waals surface area contributed by atoms with E-state index >= 15 is 0 Å². The van der Waals surface area contributed by atoms with E-state index < -0.39 is 78.1 Å². The molecule has 1 saturated heterocycles. The van der Waals surface area contributed by atoms with Crippen LogP contribution in [0.5, 0.6) is 11.5 Å². The van der Waals surface area contributed by atoms with Crippen molar-refractivity contribution in [3.8, 4) is 11.5 Å². The number of aliphatic hydroxyl groups is 2. The average molecular weight is 682 g/mol. The zero-order valence-corrected chi connectivity index (χ0v) is 26.6. The third kappa shape index (κ3) is 5.66. The lowest BCUT2D eigenvalue weighted by atomic mass is 9.50. The van der Waals surface area contributed by atoms with Gasteiger partial charge in [0, 0.05) is 23.6 Å². The van der Waals surface area contributed by atoms with Crippen LogP contribution in [-0.4, -0.2) is 106 Å². The number of methoxy groups -OCH3 is 1. The maximum Gasteiger partial charge on any atom is 0.353 e. The van der Waals surface area contributed by atoms with Crippen molar-refractivity contribution in [2.24, 2.45) is 0 Å². The smallest absolute Gasteiger partial charge is 0.353 e. The van der Waals surface area contributed by atoms with Gasteiger partial charge in [0.05, 0.1) is 31.0 Å². The van der Waals surface area contributed by atoms with Gasteiger partial charge in [0.25, 0.3) is 0 Å². The van der Waals surface area contributed by atoms with E-state index in [0.29, 0.717) is 30.9 Å². The zero-order valence-electron chi connectivity index (χ0n) is 26.6. The number of rotatable bonds is 12. The lowest BCUT2D eigenvalue weighted by Gasteiger charge is -2.61. The minimum atomic E-state index is -2.13. The van der Waals surface area contributed by atoms with E-state index in [-0.39, 0.29) is 23.8 Å². The predicted octanol–water partition coefficient (Wildman–Crippen LogP) is 1.02. The second-order valence-corrected chi connectivity index (χ2v) is 12.6. The number of aliphatic hydroxyl groups excluding tert-OH is 1.